The van der Waals surface area contributed by atoms with Crippen LogP contribution in [0, 0.1) is 17.8 Å². The normalized spacial score (nSPS) is 36.5. The van der Waals surface area contributed by atoms with Crippen LogP contribution in [-0.4, -0.2) is 18.9 Å². The molecule has 0 aliphatic heterocycles. The van der Waals surface area contributed by atoms with E-state index in [1.165, 1.54) is 38.5 Å². The van der Waals surface area contributed by atoms with Gasteiger partial charge < -0.3 is 10.1 Å². The summed E-state index contributed by atoms with van der Waals surface area (Å²) in [5, 5.41) is 3.77. The minimum atomic E-state index is 0.237. The maximum absolute atomic E-state index is 11.4. The molecule has 4 bridgehead atoms. The molecule has 4 saturated carbocycles. The van der Waals surface area contributed by atoms with Crippen LogP contribution in [0.25, 0.3) is 0 Å². The summed E-state index contributed by atoms with van der Waals surface area (Å²) in [4.78, 5) is 11.4. The van der Waals surface area contributed by atoms with Gasteiger partial charge in [-0.05, 0) is 74.5 Å². The summed E-state index contributed by atoms with van der Waals surface area (Å²) >= 11 is 0. The molecule has 3 heteroatoms. The highest BCUT2D eigenvalue weighted by Gasteiger charge is 2.50. The highest BCUT2D eigenvalue weighted by atomic mass is 16.5. The molecule has 21 heavy (non-hydrogen) atoms. The number of methoxy groups -OCH3 is 1. The zero-order valence-corrected chi connectivity index (χ0v) is 12.6. The predicted molar refractivity (Wildman–Crippen MR) is 82.9 cm³/mol. The van der Waals surface area contributed by atoms with Crippen LogP contribution in [0.3, 0.4) is 0 Å². The SMILES string of the molecule is COc1ccc(NC23CC4CC(CC(C4)C2)C3)c(C=O)c1. The minimum Gasteiger partial charge on any atom is -0.497 e. The molecular formula is C18H23NO2. The van der Waals surface area contributed by atoms with Gasteiger partial charge in [0, 0.05) is 16.8 Å². The van der Waals surface area contributed by atoms with E-state index in [0.717, 1.165) is 35.5 Å². The second-order valence-corrected chi connectivity index (χ2v) is 7.39. The summed E-state index contributed by atoms with van der Waals surface area (Å²) in [6.45, 7) is 0. The molecule has 4 aliphatic carbocycles. The van der Waals surface area contributed by atoms with Gasteiger partial charge >= 0.3 is 0 Å². The summed E-state index contributed by atoms with van der Waals surface area (Å²) in [6.07, 6.45) is 9.08. The Morgan fingerprint density at radius 3 is 2.29 bits per heavy atom. The molecule has 0 aromatic heterocycles. The molecule has 0 atom stereocenters. The second kappa shape index (κ2) is 4.75. The molecule has 0 spiro atoms. The van der Waals surface area contributed by atoms with Gasteiger partial charge in [0.05, 0.1) is 7.11 Å². The summed E-state index contributed by atoms with van der Waals surface area (Å²) < 4.78 is 5.22. The molecule has 1 aromatic carbocycles. The van der Waals surface area contributed by atoms with Gasteiger partial charge in [-0.15, -0.1) is 0 Å². The van der Waals surface area contributed by atoms with Crippen molar-refractivity contribution >= 4 is 12.0 Å². The quantitative estimate of drug-likeness (QED) is 0.853. The fourth-order valence-electron chi connectivity index (χ4n) is 5.43. The molecule has 3 nitrogen and oxygen atoms in total. The van der Waals surface area contributed by atoms with E-state index in [-0.39, 0.29) is 5.54 Å². The number of rotatable bonds is 4. The third kappa shape index (κ3) is 2.23. The second-order valence-electron chi connectivity index (χ2n) is 7.39. The van der Waals surface area contributed by atoms with Crippen LogP contribution in [0.1, 0.15) is 48.9 Å². The van der Waals surface area contributed by atoms with Gasteiger partial charge in [0.1, 0.15) is 5.75 Å². The Balaban J connectivity index is 1.62. The van der Waals surface area contributed by atoms with Crippen LogP contribution >= 0.6 is 0 Å². The third-order valence-electron chi connectivity index (χ3n) is 5.82. The first-order chi connectivity index (χ1) is 10.2. The Kier molecular flexibility index (Phi) is 2.98. The van der Waals surface area contributed by atoms with Crippen LogP contribution in [0.15, 0.2) is 18.2 Å². The Morgan fingerprint density at radius 2 is 1.76 bits per heavy atom. The van der Waals surface area contributed by atoms with Crippen molar-refractivity contribution in [3.8, 4) is 5.75 Å². The summed E-state index contributed by atoms with van der Waals surface area (Å²) in [5.74, 6) is 3.46. The van der Waals surface area contributed by atoms with Crippen molar-refractivity contribution in [3.05, 3.63) is 23.8 Å². The molecule has 0 heterocycles. The van der Waals surface area contributed by atoms with Gasteiger partial charge in [-0.1, -0.05) is 0 Å². The van der Waals surface area contributed by atoms with E-state index in [1.807, 2.05) is 18.2 Å². The Labute approximate surface area is 126 Å². The van der Waals surface area contributed by atoms with E-state index in [4.69, 9.17) is 4.74 Å². The molecular weight excluding hydrogens is 262 g/mol. The lowest BCUT2D eigenvalue weighted by molar-refractivity contribution is 0.0107. The van der Waals surface area contributed by atoms with Crippen molar-refractivity contribution in [2.24, 2.45) is 17.8 Å². The predicted octanol–water partition coefficient (Wildman–Crippen LogP) is 3.89. The van der Waals surface area contributed by atoms with Crippen LogP contribution in [0.4, 0.5) is 5.69 Å². The zero-order chi connectivity index (χ0) is 14.4. The maximum atomic E-state index is 11.4. The fraction of sp³-hybridized carbons (Fsp3) is 0.611. The number of aldehydes is 1. The van der Waals surface area contributed by atoms with E-state index in [2.05, 4.69) is 5.32 Å². The number of hydrogen-bond donors (Lipinski definition) is 1. The number of anilines is 1. The van der Waals surface area contributed by atoms with E-state index < -0.39 is 0 Å². The van der Waals surface area contributed by atoms with Gasteiger partial charge in [-0.3, -0.25) is 4.79 Å². The van der Waals surface area contributed by atoms with Crippen molar-refractivity contribution in [1.29, 1.82) is 0 Å². The van der Waals surface area contributed by atoms with E-state index in [1.54, 1.807) is 7.11 Å². The monoisotopic (exact) mass is 285 g/mol. The highest BCUT2D eigenvalue weighted by molar-refractivity contribution is 5.85. The first-order valence-corrected chi connectivity index (χ1v) is 8.11. The number of ether oxygens (including phenoxy) is 1. The number of hydrogen-bond acceptors (Lipinski definition) is 3. The molecule has 0 radical (unpaired) electrons. The fourth-order valence-corrected chi connectivity index (χ4v) is 5.43. The van der Waals surface area contributed by atoms with Crippen molar-refractivity contribution in [2.45, 2.75) is 44.1 Å². The third-order valence-corrected chi connectivity index (χ3v) is 5.82. The molecule has 0 saturated heterocycles. The molecule has 0 unspecified atom stereocenters. The zero-order valence-electron chi connectivity index (χ0n) is 12.6. The molecule has 4 fully saturated rings. The van der Waals surface area contributed by atoms with Gasteiger partial charge in [0.2, 0.25) is 0 Å². The molecule has 4 aliphatic rings. The van der Waals surface area contributed by atoms with Gasteiger partial charge in [-0.2, -0.15) is 0 Å². The van der Waals surface area contributed by atoms with Crippen LogP contribution in [0.5, 0.6) is 5.75 Å². The number of nitrogens with one attached hydrogen (secondary N) is 1. The molecule has 1 N–H and O–H groups in total. The lowest BCUT2D eigenvalue weighted by Gasteiger charge is -2.57. The molecule has 1 aromatic rings. The lowest BCUT2D eigenvalue weighted by Crippen LogP contribution is -2.54. The number of carbonyl (C=O) groups is 1. The summed E-state index contributed by atoms with van der Waals surface area (Å²) in [7, 11) is 1.64. The van der Waals surface area contributed by atoms with Crippen molar-refractivity contribution in [3.63, 3.8) is 0 Å². The van der Waals surface area contributed by atoms with Crippen molar-refractivity contribution in [2.75, 3.05) is 12.4 Å². The average Bonchev–Trinajstić information content (AvgIpc) is 2.46. The van der Waals surface area contributed by atoms with Gasteiger partial charge in [-0.25, -0.2) is 0 Å². The van der Waals surface area contributed by atoms with Crippen LogP contribution < -0.4 is 10.1 Å². The first kappa shape index (κ1) is 13.2. The smallest absolute Gasteiger partial charge is 0.152 e. The van der Waals surface area contributed by atoms with Gasteiger partial charge in [0.15, 0.2) is 6.29 Å². The maximum Gasteiger partial charge on any atom is 0.152 e. The molecule has 0 amide bonds. The van der Waals surface area contributed by atoms with E-state index in [9.17, 15) is 4.79 Å². The average molecular weight is 285 g/mol. The van der Waals surface area contributed by atoms with Crippen molar-refractivity contribution < 1.29 is 9.53 Å². The minimum absolute atomic E-state index is 0.237. The first-order valence-electron chi connectivity index (χ1n) is 8.11. The van der Waals surface area contributed by atoms with Crippen LogP contribution in [0.2, 0.25) is 0 Å². The number of carbonyl (C=O) groups excluding carboxylic acids is 1. The van der Waals surface area contributed by atoms with Crippen molar-refractivity contribution in [1.82, 2.24) is 0 Å². The topological polar surface area (TPSA) is 38.3 Å². The standard InChI is InChI=1S/C18H23NO2/c1-21-16-2-3-17(15(7-16)11-20)19-18-8-12-4-13(9-18)6-14(5-12)10-18/h2-3,7,11-14,19H,4-6,8-10H2,1H3. The Hall–Kier alpha value is -1.51. The Morgan fingerprint density at radius 1 is 1.14 bits per heavy atom. The summed E-state index contributed by atoms with van der Waals surface area (Å²) in [5.41, 5.74) is 1.93. The summed E-state index contributed by atoms with van der Waals surface area (Å²) in [6, 6.07) is 5.77. The lowest BCUT2D eigenvalue weighted by atomic mass is 9.53. The van der Waals surface area contributed by atoms with Gasteiger partial charge in [0.25, 0.3) is 0 Å². The van der Waals surface area contributed by atoms with E-state index in [0.29, 0.717) is 5.56 Å². The van der Waals surface area contributed by atoms with Crippen LogP contribution in [-0.2, 0) is 0 Å². The molecule has 112 valence electrons. The van der Waals surface area contributed by atoms with E-state index >= 15 is 0 Å². The Bertz CT molecular complexity index is 531. The largest absolute Gasteiger partial charge is 0.497 e. The molecule has 5 rings (SSSR count). The highest BCUT2D eigenvalue weighted by Crippen LogP contribution is 2.56. The number of benzene rings is 1.